The molecule has 3 saturated carbocycles. The summed E-state index contributed by atoms with van der Waals surface area (Å²) in [5.41, 5.74) is 0. The van der Waals surface area contributed by atoms with E-state index in [4.69, 9.17) is 86.1 Å². The molecule has 3 fully saturated rings. The molecule has 0 amide bonds. The molecule has 1 aromatic rings. The van der Waals surface area contributed by atoms with E-state index in [1.54, 1.807) is 11.8 Å². The fourth-order valence-corrected chi connectivity index (χ4v) is 10.6. The Morgan fingerprint density at radius 2 is 1.43 bits per heavy atom. The Morgan fingerprint density at radius 1 is 0.893 bits per heavy atom. The van der Waals surface area contributed by atoms with Gasteiger partial charge in [0.15, 0.2) is 4.33 Å². The predicted octanol–water partition coefficient (Wildman–Crippen LogP) is 7.39. The zero-order valence-corrected chi connectivity index (χ0v) is 20.0. The van der Waals surface area contributed by atoms with Gasteiger partial charge < -0.3 is 0 Å². The molecule has 152 valence electrons. The van der Waals surface area contributed by atoms with Gasteiger partial charge in [-0.25, -0.2) is 4.89 Å². The number of halogens is 7. The Bertz CT molecular complexity index is 877. The molecule has 28 heavy (non-hydrogen) atoms. The molecular weight excluding hydrogens is 528 g/mol. The van der Waals surface area contributed by atoms with E-state index in [0.717, 1.165) is 11.3 Å². The fourth-order valence-electron chi connectivity index (χ4n) is 5.92. The van der Waals surface area contributed by atoms with Crippen molar-refractivity contribution in [2.75, 3.05) is 0 Å². The number of benzene rings is 1. The summed E-state index contributed by atoms with van der Waals surface area (Å²) in [5.74, 6) is -0.488. The number of fused-ring (bicyclic) bond motifs is 9. The zero-order valence-electron chi connectivity index (χ0n) is 13.9. The van der Waals surface area contributed by atoms with Gasteiger partial charge in [0, 0.05) is 15.2 Å². The Labute approximate surface area is 201 Å². The molecule has 0 radical (unpaired) electrons. The van der Waals surface area contributed by atoms with Crippen LogP contribution in [0.4, 0.5) is 0 Å². The van der Waals surface area contributed by atoms with E-state index in [1.165, 1.54) is 0 Å². The van der Waals surface area contributed by atoms with Crippen molar-refractivity contribution in [1.29, 1.82) is 0 Å². The minimum Gasteiger partial charge on any atom is -0.251 e. The smallest absolute Gasteiger partial charge is 0.166 e. The molecule has 8 atom stereocenters. The van der Waals surface area contributed by atoms with E-state index in [2.05, 4.69) is 0 Å². The molecular formula is C18H13Cl7O2S. The van der Waals surface area contributed by atoms with Crippen molar-refractivity contribution >= 4 is 93.0 Å². The second kappa shape index (κ2) is 6.63. The molecule has 0 aliphatic heterocycles. The molecule has 0 saturated heterocycles. The van der Waals surface area contributed by atoms with Gasteiger partial charge in [0.2, 0.25) is 0 Å². The molecule has 1 N–H and O–H groups in total. The largest absolute Gasteiger partial charge is 0.251 e. The fraction of sp³-hybridized carbons (Fsp3) is 0.556. The van der Waals surface area contributed by atoms with Gasteiger partial charge in [-0.05, 0) is 54.4 Å². The quantitative estimate of drug-likeness (QED) is 0.187. The van der Waals surface area contributed by atoms with E-state index < -0.39 is 20.2 Å². The first-order valence-electron chi connectivity index (χ1n) is 8.65. The van der Waals surface area contributed by atoms with Gasteiger partial charge in [0.1, 0.15) is 15.9 Å². The van der Waals surface area contributed by atoms with E-state index >= 15 is 0 Å². The van der Waals surface area contributed by atoms with Crippen LogP contribution in [0.15, 0.2) is 39.2 Å². The van der Waals surface area contributed by atoms with Crippen LogP contribution >= 0.6 is 93.0 Å². The monoisotopic (exact) mass is 538 g/mol. The van der Waals surface area contributed by atoms with Crippen LogP contribution < -0.4 is 0 Å². The summed E-state index contributed by atoms with van der Waals surface area (Å²) in [7, 11) is 0. The van der Waals surface area contributed by atoms with Gasteiger partial charge in [-0.1, -0.05) is 58.0 Å². The van der Waals surface area contributed by atoms with Gasteiger partial charge in [0.05, 0.1) is 10.1 Å². The predicted molar refractivity (Wildman–Crippen MR) is 118 cm³/mol. The highest BCUT2D eigenvalue weighted by Crippen LogP contribution is 2.83. The van der Waals surface area contributed by atoms with E-state index in [-0.39, 0.29) is 39.0 Å². The lowest BCUT2D eigenvalue weighted by molar-refractivity contribution is -0.291. The first kappa shape index (κ1) is 21.1. The van der Waals surface area contributed by atoms with Crippen LogP contribution in [0.25, 0.3) is 0 Å². The standard InChI is InChI=1S/C18H13Cl7O2S/c19-6-1-3-7(4-2-6)28-13-9-5-8(12(13)27-26)10-11(9)17(23)15(21)14(20)16(10,22)18(17,24)25/h1-4,8-13,26H,5H2/t8-,9+,10+,11-,12+,13+,16+,17-/m1/s1. The minimum atomic E-state index is -1.57. The second-order valence-electron chi connectivity index (χ2n) is 7.85. The lowest BCUT2D eigenvalue weighted by Crippen LogP contribution is -2.49. The van der Waals surface area contributed by atoms with Gasteiger partial charge in [0.25, 0.3) is 0 Å². The molecule has 4 aliphatic rings. The first-order chi connectivity index (χ1) is 13.1. The maximum Gasteiger partial charge on any atom is 0.166 e. The van der Waals surface area contributed by atoms with E-state index in [1.807, 2.05) is 24.3 Å². The van der Waals surface area contributed by atoms with Crippen LogP contribution in [0, 0.1) is 23.7 Å². The topological polar surface area (TPSA) is 29.5 Å². The minimum absolute atomic E-state index is 0.0429. The van der Waals surface area contributed by atoms with Gasteiger partial charge in [-0.3, -0.25) is 5.26 Å². The zero-order chi connectivity index (χ0) is 20.2. The van der Waals surface area contributed by atoms with Crippen LogP contribution in [0.2, 0.25) is 5.02 Å². The Morgan fingerprint density at radius 3 is 1.96 bits per heavy atom. The lowest BCUT2D eigenvalue weighted by atomic mass is 9.71. The van der Waals surface area contributed by atoms with E-state index in [9.17, 15) is 5.26 Å². The summed E-state index contributed by atoms with van der Waals surface area (Å²) in [6, 6.07) is 7.51. The number of rotatable bonds is 3. The maximum atomic E-state index is 9.72. The average Bonchev–Trinajstić information content (AvgIpc) is 3.28. The SMILES string of the molecule is OO[C@H]1[C@@H]2C[C@H]([C@@H]1Sc1ccc(Cl)cc1)[C@@H]1[C@H]2[C@]2(Cl)C(Cl)=C(Cl)[C@@]1(Cl)C2(Cl)Cl. The molecule has 4 aliphatic carbocycles. The highest BCUT2D eigenvalue weighted by Gasteiger charge is 2.87. The van der Waals surface area contributed by atoms with Crippen LogP contribution in [0.5, 0.6) is 0 Å². The van der Waals surface area contributed by atoms with Crippen LogP contribution in [-0.2, 0) is 4.89 Å². The van der Waals surface area contributed by atoms with Crippen molar-refractivity contribution < 1.29 is 10.1 Å². The molecule has 10 heteroatoms. The van der Waals surface area contributed by atoms with Crippen molar-refractivity contribution in [1.82, 2.24) is 0 Å². The van der Waals surface area contributed by atoms with Gasteiger partial charge >= 0.3 is 0 Å². The Hall–Kier alpha value is 1.26. The maximum absolute atomic E-state index is 9.72. The Balaban J connectivity index is 1.57. The summed E-state index contributed by atoms with van der Waals surface area (Å²) < 4.78 is -1.57. The van der Waals surface area contributed by atoms with Crippen molar-refractivity contribution in [2.24, 2.45) is 23.7 Å². The lowest BCUT2D eigenvalue weighted by Gasteiger charge is -2.44. The molecule has 1 aromatic carbocycles. The molecule has 0 aromatic heterocycles. The Kier molecular flexibility index (Phi) is 5.01. The van der Waals surface area contributed by atoms with Crippen LogP contribution in [0.3, 0.4) is 0 Å². The number of hydrogen-bond donors (Lipinski definition) is 1. The van der Waals surface area contributed by atoms with Crippen molar-refractivity contribution in [3.05, 3.63) is 39.4 Å². The molecule has 5 rings (SSSR count). The van der Waals surface area contributed by atoms with E-state index in [0.29, 0.717) is 5.02 Å². The number of thioether (sulfide) groups is 1. The third-order valence-corrected chi connectivity index (χ3v) is 12.9. The normalized spacial score (nSPS) is 47.9. The second-order valence-corrected chi connectivity index (χ2v) is 12.8. The molecule has 2 nitrogen and oxygen atoms in total. The summed E-state index contributed by atoms with van der Waals surface area (Å²) in [6.07, 6.45) is 0.321. The number of hydrogen-bond acceptors (Lipinski definition) is 3. The highest BCUT2D eigenvalue weighted by atomic mass is 35.5. The summed E-state index contributed by atoms with van der Waals surface area (Å²) in [6.45, 7) is 0. The van der Waals surface area contributed by atoms with Gasteiger partial charge in [-0.15, -0.1) is 35.0 Å². The molecule has 4 bridgehead atoms. The first-order valence-corrected chi connectivity index (χ1v) is 12.2. The summed E-state index contributed by atoms with van der Waals surface area (Å²) in [5, 5.41) is 10.7. The third-order valence-electron chi connectivity index (χ3n) is 6.89. The molecule has 0 spiro atoms. The molecule has 0 heterocycles. The van der Waals surface area contributed by atoms with Gasteiger partial charge in [-0.2, -0.15) is 0 Å². The number of alkyl halides is 4. The highest BCUT2D eigenvalue weighted by molar-refractivity contribution is 8.00. The summed E-state index contributed by atoms with van der Waals surface area (Å²) >= 11 is 48.1. The van der Waals surface area contributed by atoms with Crippen molar-refractivity contribution in [3.8, 4) is 0 Å². The van der Waals surface area contributed by atoms with Crippen LogP contribution in [0.1, 0.15) is 6.42 Å². The average molecular weight is 542 g/mol. The third kappa shape index (κ3) is 2.26. The number of allylic oxidation sites excluding steroid dienone is 2. The molecule has 0 unspecified atom stereocenters. The summed E-state index contributed by atoms with van der Waals surface area (Å²) in [4.78, 5) is 3.37. The van der Waals surface area contributed by atoms with Crippen molar-refractivity contribution in [3.63, 3.8) is 0 Å². The van der Waals surface area contributed by atoms with Crippen molar-refractivity contribution in [2.45, 2.75) is 36.8 Å². The van der Waals surface area contributed by atoms with Crippen LogP contribution in [-0.4, -0.2) is 30.7 Å².